The molecule has 16 heavy (non-hydrogen) atoms. The van der Waals surface area contributed by atoms with Crippen LogP contribution in [0.15, 0.2) is 0 Å². The lowest BCUT2D eigenvalue weighted by Crippen LogP contribution is -2.39. The van der Waals surface area contributed by atoms with Crippen molar-refractivity contribution in [2.75, 3.05) is 25.7 Å². The Balaban J connectivity index is 3.69. The van der Waals surface area contributed by atoms with Crippen molar-refractivity contribution >= 4 is 29.7 Å². The highest BCUT2D eigenvalue weighted by atomic mass is 32.2. The van der Waals surface area contributed by atoms with Crippen molar-refractivity contribution in [3.63, 3.8) is 0 Å². The fourth-order valence-electron chi connectivity index (χ4n) is 0.723. The number of carbonyl (C=O) groups excluding carboxylic acids is 3. The summed E-state index contributed by atoms with van der Waals surface area (Å²) in [5.41, 5.74) is 5.44. The van der Waals surface area contributed by atoms with Gasteiger partial charge in [-0.2, -0.15) is 0 Å². The molecule has 0 aliphatic rings. The molecule has 8 heteroatoms. The van der Waals surface area contributed by atoms with Crippen LogP contribution in [-0.2, 0) is 14.3 Å². The van der Waals surface area contributed by atoms with E-state index in [1.54, 1.807) is 0 Å². The summed E-state index contributed by atoms with van der Waals surface area (Å²) in [6.45, 7) is 0. The first-order valence-corrected chi connectivity index (χ1v) is 5.59. The van der Waals surface area contributed by atoms with Crippen molar-refractivity contribution < 1.29 is 19.1 Å². The maximum atomic E-state index is 11.1. The van der Waals surface area contributed by atoms with Crippen molar-refractivity contribution in [3.8, 4) is 0 Å². The summed E-state index contributed by atoms with van der Waals surface area (Å²) in [7, 11) is 2.65. The molecule has 0 bridgehead atoms. The zero-order valence-electron chi connectivity index (χ0n) is 9.11. The van der Waals surface area contributed by atoms with Crippen molar-refractivity contribution in [1.29, 1.82) is 0 Å². The summed E-state index contributed by atoms with van der Waals surface area (Å²) in [4.78, 5) is 32.7. The lowest BCUT2D eigenvalue weighted by molar-refractivity contribution is -0.141. The first-order chi connectivity index (χ1) is 7.51. The normalized spacial score (nSPS) is 11.4. The van der Waals surface area contributed by atoms with E-state index in [0.717, 1.165) is 11.8 Å². The smallest absolute Gasteiger partial charge is 0.323 e. The second kappa shape index (κ2) is 7.94. The van der Waals surface area contributed by atoms with E-state index in [1.165, 1.54) is 14.2 Å². The summed E-state index contributed by atoms with van der Waals surface area (Å²) in [5.74, 6) is -0.660. The summed E-state index contributed by atoms with van der Waals surface area (Å²) >= 11 is 1.15. The van der Waals surface area contributed by atoms with Crippen LogP contribution in [0.4, 0.5) is 4.79 Å². The van der Waals surface area contributed by atoms with E-state index < -0.39 is 23.9 Å². The molecule has 0 saturated heterocycles. The second-order valence-corrected chi connectivity index (χ2v) is 3.80. The van der Waals surface area contributed by atoms with Crippen LogP contribution in [0.1, 0.15) is 0 Å². The number of esters is 1. The molecule has 0 radical (unpaired) electrons. The topological polar surface area (TPSA) is 111 Å². The standard InChI is InChI=1S/C8H15N3O4S/c1-10-8(14)11-6(12)4-16-3-5(9)7(13)15-2/h5H,3-4,9H2,1-2H3,(H2,10,11,12,14). The van der Waals surface area contributed by atoms with Gasteiger partial charge in [-0.1, -0.05) is 0 Å². The minimum atomic E-state index is -0.761. The molecule has 3 amide bonds. The fourth-order valence-corrected chi connectivity index (χ4v) is 1.49. The molecule has 1 atom stereocenters. The Labute approximate surface area is 97.5 Å². The van der Waals surface area contributed by atoms with Crippen LogP contribution < -0.4 is 16.4 Å². The van der Waals surface area contributed by atoms with Gasteiger partial charge in [0.2, 0.25) is 5.91 Å². The number of ether oxygens (including phenoxy) is 1. The highest BCUT2D eigenvalue weighted by Crippen LogP contribution is 2.02. The number of thioether (sulfide) groups is 1. The average molecular weight is 249 g/mol. The van der Waals surface area contributed by atoms with Crippen LogP contribution in [0.3, 0.4) is 0 Å². The van der Waals surface area contributed by atoms with Gasteiger partial charge in [-0.3, -0.25) is 14.9 Å². The predicted molar refractivity (Wildman–Crippen MR) is 59.9 cm³/mol. The molecular weight excluding hydrogens is 234 g/mol. The highest BCUT2D eigenvalue weighted by molar-refractivity contribution is 8.00. The van der Waals surface area contributed by atoms with E-state index in [-0.39, 0.29) is 11.5 Å². The van der Waals surface area contributed by atoms with Gasteiger partial charge >= 0.3 is 12.0 Å². The molecule has 0 rings (SSSR count). The zero-order valence-corrected chi connectivity index (χ0v) is 9.93. The summed E-state index contributed by atoms with van der Waals surface area (Å²) < 4.78 is 4.41. The number of hydrogen-bond acceptors (Lipinski definition) is 6. The Morgan fingerprint density at radius 3 is 2.56 bits per heavy atom. The van der Waals surface area contributed by atoms with Gasteiger partial charge in [-0.05, 0) is 0 Å². The molecular formula is C8H15N3O4S. The van der Waals surface area contributed by atoms with Gasteiger partial charge in [0, 0.05) is 12.8 Å². The summed E-state index contributed by atoms with van der Waals surface area (Å²) in [5, 5.41) is 4.32. The van der Waals surface area contributed by atoms with Gasteiger partial charge in [0.25, 0.3) is 0 Å². The molecule has 0 aromatic rings. The average Bonchev–Trinajstić information content (AvgIpc) is 2.27. The number of amides is 3. The van der Waals surface area contributed by atoms with Gasteiger partial charge in [0.15, 0.2) is 0 Å². The molecule has 4 N–H and O–H groups in total. The van der Waals surface area contributed by atoms with Crippen LogP contribution in [0.5, 0.6) is 0 Å². The molecule has 92 valence electrons. The minimum Gasteiger partial charge on any atom is -0.468 e. The third kappa shape index (κ3) is 6.25. The van der Waals surface area contributed by atoms with Gasteiger partial charge in [-0.25, -0.2) is 4.79 Å². The zero-order chi connectivity index (χ0) is 12.6. The van der Waals surface area contributed by atoms with Crippen molar-refractivity contribution in [2.24, 2.45) is 5.73 Å². The van der Waals surface area contributed by atoms with Gasteiger partial charge in [0.05, 0.1) is 12.9 Å². The first-order valence-electron chi connectivity index (χ1n) is 4.44. The van der Waals surface area contributed by atoms with Crippen LogP contribution in [0.25, 0.3) is 0 Å². The van der Waals surface area contributed by atoms with Crippen LogP contribution in [0.2, 0.25) is 0 Å². The Bertz CT molecular complexity index is 272. The predicted octanol–water partition coefficient (Wildman–Crippen LogP) is -1.32. The van der Waals surface area contributed by atoms with Gasteiger partial charge in [-0.15, -0.1) is 11.8 Å². The van der Waals surface area contributed by atoms with Gasteiger partial charge in [0.1, 0.15) is 6.04 Å². The number of imide groups is 1. The Morgan fingerprint density at radius 2 is 2.06 bits per heavy atom. The molecule has 0 aromatic carbocycles. The number of rotatable bonds is 5. The third-order valence-electron chi connectivity index (χ3n) is 1.51. The number of nitrogens with one attached hydrogen (secondary N) is 2. The molecule has 0 fully saturated rings. The lowest BCUT2D eigenvalue weighted by Gasteiger charge is -2.08. The quantitative estimate of drug-likeness (QED) is 0.521. The largest absolute Gasteiger partial charge is 0.468 e. The van der Waals surface area contributed by atoms with E-state index >= 15 is 0 Å². The van der Waals surface area contributed by atoms with Crippen molar-refractivity contribution in [1.82, 2.24) is 10.6 Å². The Kier molecular flexibility index (Phi) is 7.31. The van der Waals surface area contributed by atoms with Crippen LogP contribution >= 0.6 is 11.8 Å². The molecule has 0 saturated carbocycles. The molecule has 0 aliphatic carbocycles. The molecule has 0 aromatic heterocycles. The number of methoxy groups -OCH3 is 1. The maximum absolute atomic E-state index is 11.1. The van der Waals surface area contributed by atoms with Crippen LogP contribution in [-0.4, -0.2) is 49.6 Å². The van der Waals surface area contributed by atoms with E-state index in [0.29, 0.717) is 0 Å². The Hall–Kier alpha value is -1.28. The van der Waals surface area contributed by atoms with Crippen LogP contribution in [0, 0.1) is 0 Å². The van der Waals surface area contributed by atoms with E-state index in [1.807, 2.05) is 0 Å². The lowest BCUT2D eigenvalue weighted by atomic mass is 10.4. The van der Waals surface area contributed by atoms with E-state index in [9.17, 15) is 14.4 Å². The third-order valence-corrected chi connectivity index (χ3v) is 2.58. The summed E-state index contributed by atoms with van der Waals surface area (Å²) in [6, 6.07) is -1.33. The molecule has 0 heterocycles. The fraction of sp³-hybridized carbons (Fsp3) is 0.625. The first kappa shape index (κ1) is 14.7. The highest BCUT2D eigenvalue weighted by Gasteiger charge is 2.14. The van der Waals surface area contributed by atoms with E-state index in [4.69, 9.17) is 5.73 Å². The second-order valence-electron chi connectivity index (χ2n) is 2.77. The SMILES string of the molecule is CNC(=O)NC(=O)CSCC(N)C(=O)OC. The molecule has 0 spiro atoms. The number of urea groups is 1. The number of nitrogens with two attached hydrogens (primary N) is 1. The molecule has 0 aliphatic heterocycles. The maximum Gasteiger partial charge on any atom is 0.323 e. The number of carbonyl (C=O) groups is 3. The summed E-state index contributed by atoms with van der Waals surface area (Å²) in [6.07, 6.45) is 0. The molecule has 1 unspecified atom stereocenters. The van der Waals surface area contributed by atoms with E-state index in [2.05, 4.69) is 15.4 Å². The van der Waals surface area contributed by atoms with Crippen molar-refractivity contribution in [2.45, 2.75) is 6.04 Å². The van der Waals surface area contributed by atoms with Gasteiger partial charge < -0.3 is 15.8 Å². The Morgan fingerprint density at radius 1 is 1.44 bits per heavy atom. The molecule has 7 nitrogen and oxygen atoms in total. The monoisotopic (exact) mass is 249 g/mol. The number of hydrogen-bond donors (Lipinski definition) is 3. The van der Waals surface area contributed by atoms with Crippen molar-refractivity contribution in [3.05, 3.63) is 0 Å². The minimum absolute atomic E-state index is 0.0537.